The molecular formula is C16H18ClNO. The molecule has 0 spiro atoms. The molecule has 0 bridgehead atoms. The van der Waals surface area contributed by atoms with Crippen LogP contribution in [-0.4, -0.2) is 6.61 Å². The summed E-state index contributed by atoms with van der Waals surface area (Å²) in [5.41, 5.74) is 7.24. The molecule has 0 amide bonds. The van der Waals surface area contributed by atoms with E-state index < -0.39 is 0 Å². The average Bonchev–Trinajstić information content (AvgIpc) is 2.45. The van der Waals surface area contributed by atoms with Crippen LogP contribution in [0, 0.1) is 0 Å². The molecule has 0 aromatic heterocycles. The Kier molecular flexibility index (Phi) is 5.25. The van der Waals surface area contributed by atoms with E-state index in [1.54, 1.807) is 0 Å². The van der Waals surface area contributed by atoms with Crippen LogP contribution in [0.2, 0.25) is 5.02 Å². The summed E-state index contributed by atoms with van der Waals surface area (Å²) in [6, 6.07) is 17.6. The van der Waals surface area contributed by atoms with E-state index in [4.69, 9.17) is 22.1 Å². The smallest absolute Gasteiger partial charge is 0.119 e. The van der Waals surface area contributed by atoms with Crippen LogP contribution in [0.5, 0.6) is 5.75 Å². The van der Waals surface area contributed by atoms with Gasteiger partial charge in [0, 0.05) is 11.1 Å². The van der Waals surface area contributed by atoms with E-state index in [1.807, 2.05) is 54.6 Å². The number of halogens is 1. The summed E-state index contributed by atoms with van der Waals surface area (Å²) in [7, 11) is 0. The maximum atomic E-state index is 6.13. The molecule has 1 atom stereocenters. The largest absolute Gasteiger partial charge is 0.494 e. The highest BCUT2D eigenvalue weighted by molar-refractivity contribution is 6.30. The minimum atomic E-state index is 0.0386. The third-order valence-electron chi connectivity index (χ3n) is 2.97. The second kappa shape index (κ2) is 7.17. The lowest BCUT2D eigenvalue weighted by molar-refractivity contribution is 0.302. The fraction of sp³-hybridized carbons (Fsp3) is 0.250. The number of rotatable bonds is 6. The van der Waals surface area contributed by atoms with Crippen molar-refractivity contribution in [3.63, 3.8) is 0 Å². The lowest BCUT2D eigenvalue weighted by atomic mass is 10.0. The molecule has 3 heteroatoms. The minimum Gasteiger partial charge on any atom is -0.494 e. The van der Waals surface area contributed by atoms with Crippen molar-refractivity contribution in [3.05, 3.63) is 65.2 Å². The number of nitrogens with two attached hydrogens (primary N) is 1. The number of hydrogen-bond donors (Lipinski definition) is 1. The van der Waals surface area contributed by atoms with Crippen LogP contribution in [0.1, 0.15) is 24.4 Å². The van der Waals surface area contributed by atoms with E-state index in [0.717, 1.165) is 29.2 Å². The molecule has 0 aliphatic heterocycles. The molecule has 0 radical (unpaired) electrons. The van der Waals surface area contributed by atoms with Gasteiger partial charge in [0.1, 0.15) is 5.75 Å². The van der Waals surface area contributed by atoms with Gasteiger partial charge in [0.05, 0.1) is 6.61 Å². The molecule has 2 N–H and O–H groups in total. The highest BCUT2D eigenvalue weighted by atomic mass is 35.5. The van der Waals surface area contributed by atoms with Crippen LogP contribution in [0.15, 0.2) is 54.6 Å². The van der Waals surface area contributed by atoms with Crippen molar-refractivity contribution in [1.29, 1.82) is 0 Å². The van der Waals surface area contributed by atoms with Gasteiger partial charge in [-0.2, -0.15) is 0 Å². The predicted molar refractivity (Wildman–Crippen MR) is 79.6 cm³/mol. The number of para-hydroxylation sites is 1. The molecule has 2 rings (SSSR count). The zero-order chi connectivity index (χ0) is 13.5. The van der Waals surface area contributed by atoms with Crippen LogP contribution in [0.4, 0.5) is 0 Å². The van der Waals surface area contributed by atoms with E-state index >= 15 is 0 Å². The number of benzene rings is 2. The van der Waals surface area contributed by atoms with Crippen LogP contribution in [-0.2, 0) is 0 Å². The van der Waals surface area contributed by atoms with E-state index in [-0.39, 0.29) is 6.04 Å². The van der Waals surface area contributed by atoms with Gasteiger partial charge in [0.2, 0.25) is 0 Å². The van der Waals surface area contributed by atoms with Gasteiger partial charge in [-0.15, -0.1) is 0 Å². The third-order valence-corrected chi connectivity index (χ3v) is 3.22. The zero-order valence-corrected chi connectivity index (χ0v) is 11.5. The van der Waals surface area contributed by atoms with Gasteiger partial charge in [-0.3, -0.25) is 0 Å². The van der Waals surface area contributed by atoms with Crippen molar-refractivity contribution in [2.24, 2.45) is 5.73 Å². The van der Waals surface area contributed by atoms with Gasteiger partial charge in [-0.1, -0.05) is 41.9 Å². The Hall–Kier alpha value is -1.51. The lowest BCUT2D eigenvalue weighted by Crippen LogP contribution is -2.11. The van der Waals surface area contributed by atoms with Gasteiger partial charge in [0.25, 0.3) is 0 Å². The number of hydrogen-bond acceptors (Lipinski definition) is 2. The predicted octanol–water partition coefficient (Wildman–Crippen LogP) is 4.20. The first kappa shape index (κ1) is 13.9. The second-order valence-electron chi connectivity index (χ2n) is 4.46. The summed E-state index contributed by atoms with van der Waals surface area (Å²) in [5.74, 6) is 0.905. The number of ether oxygens (including phenoxy) is 1. The normalized spacial score (nSPS) is 12.1. The average molecular weight is 276 g/mol. The molecule has 19 heavy (non-hydrogen) atoms. The summed E-state index contributed by atoms with van der Waals surface area (Å²) < 4.78 is 5.63. The lowest BCUT2D eigenvalue weighted by Gasteiger charge is -2.12. The van der Waals surface area contributed by atoms with Gasteiger partial charge >= 0.3 is 0 Å². The summed E-state index contributed by atoms with van der Waals surface area (Å²) in [6.07, 6.45) is 1.83. The van der Waals surface area contributed by atoms with E-state index in [9.17, 15) is 0 Å². The van der Waals surface area contributed by atoms with Gasteiger partial charge in [-0.25, -0.2) is 0 Å². The molecule has 0 saturated heterocycles. The van der Waals surface area contributed by atoms with E-state index in [2.05, 4.69) is 0 Å². The Balaban J connectivity index is 1.72. The Morgan fingerprint density at radius 1 is 1.00 bits per heavy atom. The summed E-state index contributed by atoms with van der Waals surface area (Å²) in [6.45, 7) is 0.686. The van der Waals surface area contributed by atoms with Crippen molar-refractivity contribution in [2.45, 2.75) is 18.9 Å². The maximum absolute atomic E-state index is 6.13. The highest BCUT2D eigenvalue weighted by Crippen LogP contribution is 2.18. The van der Waals surface area contributed by atoms with Crippen molar-refractivity contribution < 1.29 is 4.74 Å². The van der Waals surface area contributed by atoms with Crippen molar-refractivity contribution in [2.75, 3.05) is 6.61 Å². The summed E-state index contributed by atoms with van der Waals surface area (Å²) >= 11 is 5.85. The van der Waals surface area contributed by atoms with Gasteiger partial charge in [0.15, 0.2) is 0 Å². The molecule has 0 aliphatic carbocycles. The molecule has 0 fully saturated rings. The van der Waals surface area contributed by atoms with E-state index in [0.29, 0.717) is 6.61 Å². The Bertz CT molecular complexity index is 484. The van der Waals surface area contributed by atoms with Crippen LogP contribution in [0.25, 0.3) is 0 Å². The molecule has 0 aliphatic rings. The monoisotopic (exact) mass is 275 g/mol. The second-order valence-corrected chi connectivity index (χ2v) is 4.90. The van der Waals surface area contributed by atoms with Gasteiger partial charge < -0.3 is 10.5 Å². The standard InChI is InChI=1S/C16H18ClNO/c17-14-10-8-13(9-11-14)16(18)7-4-12-19-15-5-2-1-3-6-15/h1-3,5-6,8-11,16H,4,7,12,18H2. The van der Waals surface area contributed by atoms with Crippen LogP contribution in [0.3, 0.4) is 0 Å². The summed E-state index contributed by atoms with van der Waals surface area (Å²) in [5, 5.41) is 0.739. The Morgan fingerprint density at radius 2 is 1.68 bits per heavy atom. The SMILES string of the molecule is NC(CCCOc1ccccc1)c1ccc(Cl)cc1. The Morgan fingerprint density at radius 3 is 2.37 bits per heavy atom. The first-order valence-electron chi connectivity index (χ1n) is 6.44. The molecule has 0 saturated carbocycles. The fourth-order valence-corrected chi connectivity index (χ4v) is 2.01. The van der Waals surface area contributed by atoms with Crippen LogP contribution < -0.4 is 10.5 Å². The van der Waals surface area contributed by atoms with Gasteiger partial charge in [-0.05, 0) is 42.7 Å². The topological polar surface area (TPSA) is 35.2 Å². The highest BCUT2D eigenvalue weighted by Gasteiger charge is 2.05. The quantitative estimate of drug-likeness (QED) is 0.802. The maximum Gasteiger partial charge on any atom is 0.119 e. The molecule has 0 heterocycles. The molecule has 2 nitrogen and oxygen atoms in total. The molecule has 100 valence electrons. The first-order chi connectivity index (χ1) is 9.25. The van der Waals surface area contributed by atoms with E-state index in [1.165, 1.54) is 0 Å². The van der Waals surface area contributed by atoms with Crippen molar-refractivity contribution in [3.8, 4) is 5.75 Å². The molecule has 2 aromatic rings. The van der Waals surface area contributed by atoms with Crippen molar-refractivity contribution in [1.82, 2.24) is 0 Å². The minimum absolute atomic E-state index is 0.0386. The summed E-state index contributed by atoms with van der Waals surface area (Å²) in [4.78, 5) is 0. The third kappa shape index (κ3) is 4.58. The first-order valence-corrected chi connectivity index (χ1v) is 6.82. The molecular weight excluding hydrogens is 258 g/mol. The zero-order valence-electron chi connectivity index (χ0n) is 10.8. The fourth-order valence-electron chi connectivity index (χ4n) is 1.89. The molecule has 1 unspecified atom stereocenters. The Labute approximate surface area is 119 Å². The molecule has 2 aromatic carbocycles. The van der Waals surface area contributed by atoms with Crippen molar-refractivity contribution >= 4 is 11.6 Å². The van der Waals surface area contributed by atoms with Crippen LogP contribution >= 0.6 is 11.6 Å².